The van der Waals surface area contributed by atoms with Crippen LogP contribution in [0, 0.1) is 0 Å². The van der Waals surface area contributed by atoms with E-state index in [0.29, 0.717) is 17.6 Å². The molecule has 0 unspecified atom stereocenters. The zero-order valence-corrected chi connectivity index (χ0v) is 23.3. The summed E-state index contributed by atoms with van der Waals surface area (Å²) in [4.78, 5) is 29.2. The number of rotatable bonds is 9. The third-order valence-electron chi connectivity index (χ3n) is 7.18. The third-order valence-corrected chi connectivity index (χ3v) is 7.18. The lowest BCUT2D eigenvalue weighted by molar-refractivity contribution is 0.843. The van der Waals surface area contributed by atoms with Crippen molar-refractivity contribution in [3.05, 3.63) is 90.3 Å². The van der Waals surface area contributed by atoms with Gasteiger partial charge in [0.2, 0.25) is 5.95 Å². The Labute approximate surface area is 234 Å². The first-order valence-corrected chi connectivity index (χ1v) is 14.2. The van der Waals surface area contributed by atoms with Crippen molar-refractivity contribution >= 4 is 21.8 Å². The van der Waals surface area contributed by atoms with Crippen LogP contribution in [0.3, 0.4) is 0 Å². The molecule has 200 valence electrons. The van der Waals surface area contributed by atoms with Gasteiger partial charge in [0.05, 0.1) is 33.5 Å². The minimum atomic E-state index is 0.647. The van der Waals surface area contributed by atoms with E-state index in [-0.39, 0.29) is 0 Å². The molecule has 0 amide bonds. The van der Waals surface area contributed by atoms with Crippen LogP contribution in [0.25, 0.3) is 50.5 Å². The van der Waals surface area contributed by atoms with Crippen LogP contribution >= 0.6 is 0 Å². The van der Waals surface area contributed by atoms with E-state index in [0.717, 1.165) is 77.8 Å². The molecule has 0 spiro atoms. The fourth-order valence-electron chi connectivity index (χ4n) is 5.35. The predicted molar refractivity (Wildman–Crippen MR) is 160 cm³/mol. The number of hydrogen-bond acceptors (Lipinski definition) is 6. The molecule has 0 aliphatic heterocycles. The smallest absolute Gasteiger partial charge is 0.234 e. The maximum Gasteiger partial charge on any atom is 0.234 e. The zero-order valence-electron chi connectivity index (χ0n) is 23.3. The highest BCUT2D eigenvalue weighted by molar-refractivity contribution is 6.08. The quantitative estimate of drug-likeness (QED) is 0.196. The highest BCUT2D eigenvalue weighted by Crippen LogP contribution is 2.32. The second-order valence-corrected chi connectivity index (χ2v) is 10.1. The van der Waals surface area contributed by atoms with E-state index in [2.05, 4.69) is 78.9 Å². The second kappa shape index (κ2) is 11.3. The number of hydrogen-bond donors (Lipinski definition) is 0. The summed E-state index contributed by atoms with van der Waals surface area (Å²) in [5, 5.41) is 2.38. The van der Waals surface area contributed by atoms with Crippen LogP contribution in [0.2, 0.25) is 0 Å². The summed E-state index contributed by atoms with van der Waals surface area (Å²) < 4.78 is 2.15. The number of benzene rings is 2. The Bertz CT molecular complexity index is 1750. The Kier molecular flexibility index (Phi) is 7.27. The molecule has 0 atom stereocenters. The Morgan fingerprint density at radius 3 is 1.80 bits per heavy atom. The van der Waals surface area contributed by atoms with Crippen LogP contribution in [-0.4, -0.2) is 34.5 Å². The normalized spacial score (nSPS) is 11.5. The summed E-state index contributed by atoms with van der Waals surface area (Å²) in [7, 11) is 0. The van der Waals surface area contributed by atoms with Crippen molar-refractivity contribution in [1.82, 2.24) is 34.5 Å². The van der Waals surface area contributed by atoms with E-state index in [1.807, 2.05) is 24.7 Å². The zero-order chi connectivity index (χ0) is 27.5. The van der Waals surface area contributed by atoms with Gasteiger partial charge in [-0.2, -0.15) is 0 Å². The molecule has 4 heterocycles. The van der Waals surface area contributed by atoms with Gasteiger partial charge in [0.25, 0.3) is 0 Å². The number of nitrogens with zero attached hydrogens (tertiary/aromatic N) is 7. The van der Waals surface area contributed by atoms with Gasteiger partial charge in [-0.1, -0.05) is 76.4 Å². The fraction of sp³-hybridized carbons (Fsp3) is 0.273. The number of aryl methyl sites for hydroxylation is 3. The lowest BCUT2D eigenvalue weighted by Crippen LogP contribution is -2.08. The van der Waals surface area contributed by atoms with Gasteiger partial charge < -0.3 is 0 Å². The SMILES string of the molecule is CCCc1ccnc(-c2cnc(-c3cnc(-n4c5ccccc5c5ccccc54)nc3CCC)nc2CCC)n1. The number of fused-ring (bicyclic) bond motifs is 3. The van der Waals surface area contributed by atoms with E-state index in [1.165, 1.54) is 10.8 Å². The first-order valence-electron chi connectivity index (χ1n) is 14.2. The number of aromatic nitrogens is 7. The van der Waals surface area contributed by atoms with Crippen molar-refractivity contribution in [3.63, 3.8) is 0 Å². The highest BCUT2D eigenvalue weighted by atomic mass is 15.2. The van der Waals surface area contributed by atoms with E-state index in [9.17, 15) is 0 Å². The van der Waals surface area contributed by atoms with Gasteiger partial charge in [-0.3, -0.25) is 4.57 Å². The second-order valence-electron chi connectivity index (χ2n) is 10.1. The summed E-state index contributed by atoms with van der Waals surface area (Å²) >= 11 is 0. The molecule has 0 saturated heterocycles. The summed E-state index contributed by atoms with van der Waals surface area (Å²) in [5.41, 5.74) is 6.89. The molecule has 6 aromatic rings. The van der Waals surface area contributed by atoms with Crippen LogP contribution in [0.4, 0.5) is 0 Å². The Morgan fingerprint density at radius 2 is 1.15 bits per heavy atom. The monoisotopic (exact) mass is 527 g/mol. The molecule has 7 nitrogen and oxygen atoms in total. The van der Waals surface area contributed by atoms with Crippen molar-refractivity contribution < 1.29 is 0 Å². The lowest BCUT2D eigenvalue weighted by Gasteiger charge is -2.13. The maximum absolute atomic E-state index is 5.12. The largest absolute Gasteiger partial charge is 0.278 e. The Balaban J connectivity index is 1.47. The van der Waals surface area contributed by atoms with Crippen LogP contribution in [0.15, 0.2) is 73.2 Å². The fourth-order valence-corrected chi connectivity index (χ4v) is 5.35. The minimum Gasteiger partial charge on any atom is -0.278 e. The number of para-hydroxylation sites is 2. The summed E-state index contributed by atoms with van der Waals surface area (Å²) in [5.74, 6) is 2.00. The van der Waals surface area contributed by atoms with Gasteiger partial charge in [-0.25, -0.2) is 29.9 Å². The third kappa shape index (κ3) is 4.72. The van der Waals surface area contributed by atoms with Crippen LogP contribution in [0.1, 0.15) is 57.1 Å². The molecule has 0 radical (unpaired) electrons. The molecule has 0 N–H and O–H groups in total. The van der Waals surface area contributed by atoms with Crippen LogP contribution in [-0.2, 0) is 19.3 Å². The maximum atomic E-state index is 5.12. The summed E-state index contributed by atoms with van der Waals surface area (Å²) in [6, 6.07) is 18.8. The van der Waals surface area contributed by atoms with Crippen molar-refractivity contribution in [2.45, 2.75) is 59.3 Å². The molecule has 0 saturated carbocycles. The molecule has 0 aliphatic carbocycles. The first kappa shape index (κ1) is 25.7. The minimum absolute atomic E-state index is 0.647. The van der Waals surface area contributed by atoms with Crippen molar-refractivity contribution in [2.75, 3.05) is 0 Å². The Morgan fingerprint density at radius 1 is 0.575 bits per heavy atom. The van der Waals surface area contributed by atoms with E-state index < -0.39 is 0 Å². The topological polar surface area (TPSA) is 82.3 Å². The van der Waals surface area contributed by atoms with Gasteiger partial charge >= 0.3 is 0 Å². The molecule has 0 bridgehead atoms. The molecular formula is C33H33N7. The van der Waals surface area contributed by atoms with Crippen LogP contribution < -0.4 is 0 Å². The average Bonchev–Trinajstić information content (AvgIpc) is 3.32. The van der Waals surface area contributed by atoms with Gasteiger partial charge in [0, 0.05) is 35.1 Å². The molecule has 7 heteroatoms. The van der Waals surface area contributed by atoms with Gasteiger partial charge in [0.1, 0.15) is 0 Å². The van der Waals surface area contributed by atoms with E-state index in [4.69, 9.17) is 24.9 Å². The molecule has 4 aromatic heterocycles. The molecule has 6 rings (SSSR count). The molecule has 40 heavy (non-hydrogen) atoms. The van der Waals surface area contributed by atoms with E-state index in [1.54, 1.807) is 0 Å². The molecule has 2 aromatic carbocycles. The Hall–Kier alpha value is -4.52. The molecular weight excluding hydrogens is 494 g/mol. The van der Waals surface area contributed by atoms with Gasteiger partial charge in [-0.15, -0.1) is 0 Å². The molecule has 0 aliphatic rings. The average molecular weight is 528 g/mol. The van der Waals surface area contributed by atoms with Crippen molar-refractivity contribution in [2.24, 2.45) is 0 Å². The van der Waals surface area contributed by atoms with Crippen LogP contribution in [0.5, 0.6) is 0 Å². The summed E-state index contributed by atoms with van der Waals surface area (Å²) in [6.45, 7) is 6.48. The van der Waals surface area contributed by atoms with E-state index >= 15 is 0 Å². The van der Waals surface area contributed by atoms with Gasteiger partial charge in [0.15, 0.2) is 11.6 Å². The lowest BCUT2D eigenvalue weighted by atomic mass is 10.1. The van der Waals surface area contributed by atoms with Crippen molar-refractivity contribution in [1.29, 1.82) is 0 Å². The van der Waals surface area contributed by atoms with Gasteiger partial charge in [-0.05, 0) is 37.5 Å². The first-order chi connectivity index (χ1) is 19.7. The summed E-state index contributed by atoms with van der Waals surface area (Å²) in [6.07, 6.45) is 11.1. The predicted octanol–water partition coefficient (Wildman–Crippen LogP) is 7.35. The molecule has 0 fully saturated rings. The van der Waals surface area contributed by atoms with Crippen molar-refractivity contribution in [3.8, 4) is 28.7 Å². The highest BCUT2D eigenvalue weighted by Gasteiger charge is 2.19. The standard InChI is InChI=1S/C33H33N7/c1-4-11-22-18-19-34-31(37-22)25-20-35-32(38-27(25)12-5-2)26-21-36-33(39-28(26)13-6-3)40-29-16-9-7-14-23(29)24-15-8-10-17-30(24)40/h7-10,14-21H,4-6,11-13H2,1-3H3.